The fourth-order valence-electron chi connectivity index (χ4n) is 3.40. The summed E-state index contributed by atoms with van der Waals surface area (Å²) in [6, 6.07) is 19.6. The fraction of sp³-hybridized carbons (Fsp3) is 0.292. The van der Waals surface area contributed by atoms with Gasteiger partial charge in [-0.05, 0) is 60.4 Å². The zero-order valence-corrected chi connectivity index (χ0v) is 16.5. The minimum atomic E-state index is -0.232. The van der Waals surface area contributed by atoms with Crippen molar-refractivity contribution < 1.29 is 19.0 Å². The second-order valence-electron chi connectivity index (χ2n) is 7.29. The van der Waals surface area contributed by atoms with Gasteiger partial charge in [0.2, 0.25) is 0 Å². The lowest BCUT2D eigenvalue weighted by atomic mass is 10.1. The van der Waals surface area contributed by atoms with Gasteiger partial charge in [-0.15, -0.1) is 0 Å². The Hall–Kier alpha value is -3.05. The Morgan fingerprint density at radius 3 is 2.76 bits per heavy atom. The number of amides is 1. The van der Waals surface area contributed by atoms with Gasteiger partial charge in [-0.3, -0.25) is 4.79 Å². The maximum atomic E-state index is 12.4. The van der Waals surface area contributed by atoms with Crippen LogP contribution >= 0.6 is 0 Å². The third-order valence-corrected chi connectivity index (χ3v) is 4.95. The predicted octanol–water partition coefficient (Wildman–Crippen LogP) is 4.72. The summed E-state index contributed by atoms with van der Waals surface area (Å²) in [6.45, 7) is 3.20. The number of ether oxygens (including phenoxy) is 3. The average Bonchev–Trinajstić information content (AvgIpc) is 3.26. The number of hydrogen-bond acceptors (Lipinski definition) is 4. The Morgan fingerprint density at radius 2 is 1.93 bits per heavy atom. The van der Waals surface area contributed by atoms with Crippen LogP contribution in [0.25, 0.3) is 10.8 Å². The topological polar surface area (TPSA) is 56.8 Å². The van der Waals surface area contributed by atoms with Crippen LogP contribution in [0, 0.1) is 6.92 Å². The molecule has 3 aromatic carbocycles. The van der Waals surface area contributed by atoms with Crippen LogP contribution in [0.1, 0.15) is 18.4 Å². The molecule has 1 atom stereocenters. The average molecular weight is 391 g/mol. The second kappa shape index (κ2) is 8.97. The highest BCUT2D eigenvalue weighted by Gasteiger charge is 2.17. The first-order chi connectivity index (χ1) is 14.2. The molecule has 0 aliphatic carbocycles. The predicted molar refractivity (Wildman–Crippen MR) is 114 cm³/mol. The van der Waals surface area contributed by atoms with Gasteiger partial charge in [0, 0.05) is 6.61 Å². The smallest absolute Gasteiger partial charge is 0.262 e. The van der Waals surface area contributed by atoms with Crippen molar-refractivity contribution in [3.63, 3.8) is 0 Å². The van der Waals surface area contributed by atoms with Gasteiger partial charge in [-0.25, -0.2) is 0 Å². The van der Waals surface area contributed by atoms with Crippen LogP contribution in [0.2, 0.25) is 0 Å². The first kappa shape index (κ1) is 19.3. The van der Waals surface area contributed by atoms with E-state index in [1.807, 2.05) is 67.6 Å². The summed E-state index contributed by atoms with van der Waals surface area (Å²) in [5, 5.41) is 5.10. The van der Waals surface area contributed by atoms with Gasteiger partial charge < -0.3 is 19.5 Å². The molecule has 1 unspecified atom stereocenters. The quantitative estimate of drug-likeness (QED) is 0.633. The molecule has 1 aliphatic heterocycles. The highest BCUT2D eigenvalue weighted by atomic mass is 16.5. The molecule has 1 fully saturated rings. The van der Waals surface area contributed by atoms with E-state index < -0.39 is 0 Å². The molecule has 0 aromatic heterocycles. The Balaban J connectivity index is 1.36. The lowest BCUT2D eigenvalue weighted by Crippen LogP contribution is -2.21. The van der Waals surface area contributed by atoms with Crippen LogP contribution < -0.4 is 14.8 Å². The van der Waals surface area contributed by atoms with Crippen molar-refractivity contribution in [1.82, 2.24) is 0 Å². The maximum Gasteiger partial charge on any atom is 0.262 e. The van der Waals surface area contributed by atoms with Crippen LogP contribution in [0.15, 0.2) is 60.7 Å². The van der Waals surface area contributed by atoms with E-state index in [1.54, 1.807) is 0 Å². The van der Waals surface area contributed by atoms with Gasteiger partial charge >= 0.3 is 0 Å². The molecule has 1 heterocycles. The van der Waals surface area contributed by atoms with Crippen LogP contribution in [-0.2, 0) is 9.53 Å². The molecule has 29 heavy (non-hydrogen) atoms. The summed E-state index contributed by atoms with van der Waals surface area (Å²) in [5.41, 5.74) is 1.71. The van der Waals surface area contributed by atoms with E-state index in [0.29, 0.717) is 23.8 Å². The van der Waals surface area contributed by atoms with Crippen molar-refractivity contribution in [2.45, 2.75) is 25.9 Å². The van der Waals surface area contributed by atoms with E-state index in [1.165, 1.54) is 0 Å². The Bertz CT molecular complexity index is 995. The third kappa shape index (κ3) is 5.06. The molecule has 5 nitrogen and oxygen atoms in total. The number of hydrogen-bond donors (Lipinski definition) is 1. The number of benzene rings is 3. The Kier molecular flexibility index (Phi) is 5.96. The minimum absolute atomic E-state index is 0.0720. The summed E-state index contributed by atoms with van der Waals surface area (Å²) in [4.78, 5) is 12.4. The van der Waals surface area contributed by atoms with Crippen molar-refractivity contribution in [3.05, 3.63) is 66.2 Å². The number of carbonyl (C=O) groups excluding carboxylic acids is 1. The summed E-state index contributed by atoms with van der Waals surface area (Å²) < 4.78 is 17.2. The lowest BCUT2D eigenvalue weighted by molar-refractivity contribution is -0.118. The summed E-state index contributed by atoms with van der Waals surface area (Å²) in [6.07, 6.45) is 2.19. The van der Waals surface area contributed by atoms with Crippen molar-refractivity contribution >= 4 is 22.4 Å². The number of nitrogens with one attached hydrogen (secondary N) is 1. The molecule has 0 saturated carbocycles. The number of aryl methyl sites for hydroxylation is 1. The van der Waals surface area contributed by atoms with Crippen LogP contribution in [0.3, 0.4) is 0 Å². The molecule has 0 radical (unpaired) electrons. The maximum absolute atomic E-state index is 12.4. The molecule has 1 amide bonds. The molecule has 1 N–H and O–H groups in total. The van der Waals surface area contributed by atoms with Crippen molar-refractivity contribution in [3.8, 4) is 11.5 Å². The molecule has 3 aromatic rings. The van der Waals surface area contributed by atoms with Gasteiger partial charge in [0.25, 0.3) is 5.91 Å². The number of rotatable bonds is 7. The number of anilines is 1. The zero-order chi connectivity index (χ0) is 20.1. The Labute approximate surface area is 170 Å². The Morgan fingerprint density at radius 1 is 1.07 bits per heavy atom. The van der Waals surface area contributed by atoms with E-state index in [0.717, 1.165) is 35.8 Å². The lowest BCUT2D eigenvalue weighted by Gasteiger charge is -2.16. The van der Waals surface area contributed by atoms with Crippen molar-refractivity contribution in [2.75, 3.05) is 25.1 Å². The number of fused-ring (bicyclic) bond motifs is 1. The SMILES string of the molecule is Cc1ccc(NC(=O)COc2ccc3ccccc3c2)c(OCC2CCCO2)c1. The summed E-state index contributed by atoms with van der Waals surface area (Å²) in [5.74, 6) is 1.08. The van der Waals surface area contributed by atoms with Gasteiger partial charge in [-0.2, -0.15) is 0 Å². The zero-order valence-electron chi connectivity index (χ0n) is 16.5. The summed E-state index contributed by atoms with van der Waals surface area (Å²) >= 11 is 0. The molecule has 5 heteroatoms. The van der Waals surface area contributed by atoms with E-state index in [9.17, 15) is 4.79 Å². The normalized spacial score (nSPS) is 16.0. The molecule has 0 bridgehead atoms. The highest BCUT2D eigenvalue weighted by Crippen LogP contribution is 2.27. The van der Waals surface area contributed by atoms with E-state index >= 15 is 0 Å². The van der Waals surface area contributed by atoms with E-state index in [4.69, 9.17) is 14.2 Å². The molecule has 4 rings (SSSR count). The molecule has 1 aliphatic rings. The van der Waals surface area contributed by atoms with Gasteiger partial charge in [0.1, 0.15) is 18.1 Å². The standard InChI is InChI=1S/C24H25NO4/c1-17-8-11-22(23(13-17)29-15-21-7-4-12-27-21)25-24(26)16-28-20-10-9-18-5-2-3-6-19(18)14-20/h2-3,5-6,8-11,13-14,21H,4,7,12,15-16H2,1H3,(H,25,26). The van der Waals surface area contributed by atoms with Crippen molar-refractivity contribution in [1.29, 1.82) is 0 Å². The van der Waals surface area contributed by atoms with Crippen LogP contribution in [0.5, 0.6) is 11.5 Å². The molecule has 150 valence electrons. The monoisotopic (exact) mass is 391 g/mol. The van der Waals surface area contributed by atoms with Crippen LogP contribution in [-0.4, -0.2) is 31.8 Å². The molecule has 1 saturated heterocycles. The minimum Gasteiger partial charge on any atom is -0.489 e. The molecule has 0 spiro atoms. The fourth-order valence-corrected chi connectivity index (χ4v) is 3.40. The molecular weight excluding hydrogens is 366 g/mol. The second-order valence-corrected chi connectivity index (χ2v) is 7.29. The number of carbonyl (C=O) groups is 1. The van der Waals surface area contributed by atoms with Gasteiger partial charge in [0.05, 0.1) is 11.8 Å². The summed E-state index contributed by atoms with van der Waals surface area (Å²) in [7, 11) is 0. The first-order valence-electron chi connectivity index (χ1n) is 9.94. The first-order valence-corrected chi connectivity index (χ1v) is 9.94. The van der Waals surface area contributed by atoms with Gasteiger partial charge in [0.15, 0.2) is 6.61 Å². The van der Waals surface area contributed by atoms with Crippen molar-refractivity contribution in [2.24, 2.45) is 0 Å². The largest absolute Gasteiger partial charge is 0.489 e. The molecular formula is C24H25NO4. The van der Waals surface area contributed by atoms with Gasteiger partial charge in [-0.1, -0.05) is 36.4 Å². The third-order valence-electron chi connectivity index (χ3n) is 4.95. The van der Waals surface area contributed by atoms with E-state index in [-0.39, 0.29) is 18.6 Å². The van der Waals surface area contributed by atoms with Crippen LogP contribution in [0.4, 0.5) is 5.69 Å². The highest BCUT2D eigenvalue weighted by molar-refractivity contribution is 5.93. The van der Waals surface area contributed by atoms with E-state index in [2.05, 4.69) is 5.32 Å².